The van der Waals surface area contributed by atoms with E-state index in [-0.39, 0.29) is 6.54 Å². The van der Waals surface area contributed by atoms with E-state index in [9.17, 15) is 30.4 Å². The molecule has 0 saturated carbocycles. The number of nitrogens with one attached hydrogen (secondary N) is 2. The summed E-state index contributed by atoms with van der Waals surface area (Å²) in [5, 5.41) is 2.61. The van der Waals surface area contributed by atoms with E-state index in [0.29, 0.717) is 18.7 Å². The summed E-state index contributed by atoms with van der Waals surface area (Å²) in [6, 6.07) is 1.27. The maximum Gasteiger partial charge on any atom is 0.402 e. The van der Waals surface area contributed by atoms with Crippen LogP contribution in [0.1, 0.15) is 12.5 Å². The second kappa shape index (κ2) is 6.67. The average Bonchev–Trinajstić information content (AvgIpc) is 2.35. The standard InChI is InChI=1S/C11H13F5N2O2S/c1-2-17-5-7-8(12)3-4-9(10(7)13)21(19,20)18-6-11(14,15)16/h3-4,17-18H,2,5-6H2,1H3. The first-order valence-electron chi connectivity index (χ1n) is 5.82. The lowest BCUT2D eigenvalue weighted by molar-refractivity contribution is -0.121. The molecule has 0 bridgehead atoms. The Kier molecular flexibility index (Phi) is 5.65. The lowest BCUT2D eigenvalue weighted by Gasteiger charge is -2.12. The number of rotatable bonds is 6. The van der Waals surface area contributed by atoms with Gasteiger partial charge in [0.05, 0.1) is 0 Å². The number of sulfonamides is 1. The lowest BCUT2D eigenvalue weighted by Crippen LogP contribution is -2.34. The summed E-state index contributed by atoms with van der Waals surface area (Å²) in [6.07, 6.45) is -4.78. The molecule has 2 N–H and O–H groups in total. The van der Waals surface area contributed by atoms with Gasteiger partial charge in [-0.15, -0.1) is 0 Å². The summed E-state index contributed by atoms with van der Waals surface area (Å²) < 4.78 is 88.0. The van der Waals surface area contributed by atoms with Crippen LogP contribution < -0.4 is 10.0 Å². The predicted molar refractivity (Wildman–Crippen MR) is 65.0 cm³/mol. The van der Waals surface area contributed by atoms with E-state index in [4.69, 9.17) is 0 Å². The van der Waals surface area contributed by atoms with Crippen LogP contribution in [0.4, 0.5) is 22.0 Å². The molecule has 0 aliphatic carbocycles. The van der Waals surface area contributed by atoms with Crippen molar-refractivity contribution in [2.24, 2.45) is 0 Å². The van der Waals surface area contributed by atoms with Crippen molar-refractivity contribution in [2.75, 3.05) is 13.1 Å². The highest BCUT2D eigenvalue weighted by Crippen LogP contribution is 2.22. The minimum atomic E-state index is -4.78. The van der Waals surface area contributed by atoms with E-state index in [2.05, 4.69) is 5.32 Å². The maximum atomic E-state index is 14.0. The van der Waals surface area contributed by atoms with Crippen molar-refractivity contribution in [3.05, 3.63) is 29.3 Å². The average molecular weight is 332 g/mol. The van der Waals surface area contributed by atoms with Gasteiger partial charge in [0.2, 0.25) is 10.0 Å². The molecule has 0 aliphatic heterocycles. The minimum absolute atomic E-state index is 0.281. The third kappa shape index (κ3) is 4.90. The molecule has 0 aliphatic rings. The fraction of sp³-hybridized carbons (Fsp3) is 0.455. The monoisotopic (exact) mass is 332 g/mol. The van der Waals surface area contributed by atoms with E-state index in [1.54, 1.807) is 6.92 Å². The summed E-state index contributed by atoms with van der Waals surface area (Å²) in [5.74, 6) is -2.39. The Morgan fingerprint density at radius 1 is 1.19 bits per heavy atom. The molecule has 1 rings (SSSR count). The van der Waals surface area contributed by atoms with Crippen molar-refractivity contribution >= 4 is 10.0 Å². The highest BCUT2D eigenvalue weighted by atomic mass is 32.2. The van der Waals surface area contributed by atoms with Gasteiger partial charge in [0.15, 0.2) is 5.82 Å². The second-order valence-corrected chi connectivity index (χ2v) is 5.79. The summed E-state index contributed by atoms with van der Waals surface area (Å²) in [6.45, 7) is -0.0744. The molecule has 0 atom stereocenters. The summed E-state index contributed by atoms with van der Waals surface area (Å²) in [4.78, 5) is -1.03. The molecular formula is C11H13F5N2O2S. The molecule has 0 heterocycles. The molecule has 1 aromatic carbocycles. The normalized spacial score (nSPS) is 12.7. The van der Waals surface area contributed by atoms with Crippen LogP contribution in [0.2, 0.25) is 0 Å². The Morgan fingerprint density at radius 3 is 2.33 bits per heavy atom. The van der Waals surface area contributed by atoms with Gasteiger partial charge in [0.25, 0.3) is 0 Å². The Bertz CT molecular complexity index is 601. The van der Waals surface area contributed by atoms with Gasteiger partial charge < -0.3 is 5.32 Å². The van der Waals surface area contributed by atoms with E-state index in [0.717, 1.165) is 0 Å². The topological polar surface area (TPSA) is 58.2 Å². The van der Waals surface area contributed by atoms with Crippen LogP contribution in [0, 0.1) is 11.6 Å². The Balaban J connectivity index is 3.13. The Labute approximate surface area is 118 Å². The molecule has 4 nitrogen and oxygen atoms in total. The van der Waals surface area contributed by atoms with Gasteiger partial charge in [-0.2, -0.15) is 13.2 Å². The summed E-state index contributed by atoms with van der Waals surface area (Å²) >= 11 is 0. The molecule has 21 heavy (non-hydrogen) atoms. The van der Waals surface area contributed by atoms with Crippen molar-refractivity contribution in [3.8, 4) is 0 Å². The highest BCUT2D eigenvalue weighted by molar-refractivity contribution is 7.89. The summed E-state index contributed by atoms with van der Waals surface area (Å²) in [5.41, 5.74) is -0.549. The van der Waals surface area contributed by atoms with Crippen molar-refractivity contribution < 1.29 is 30.4 Å². The fourth-order valence-corrected chi connectivity index (χ4v) is 2.57. The summed E-state index contributed by atoms with van der Waals surface area (Å²) in [7, 11) is -4.73. The molecular weight excluding hydrogens is 319 g/mol. The van der Waals surface area contributed by atoms with Crippen molar-refractivity contribution in [3.63, 3.8) is 0 Å². The number of hydrogen-bond donors (Lipinski definition) is 2. The van der Waals surface area contributed by atoms with Crippen LogP contribution in [-0.4, -0.2) is 27.7 Å². The van der Waals surface area contributed by atoms with E-state index in [1.165, 1.54) is 4.72 Å². The molecule has 0 saturated heterocycles. The molecule has 0 radical (unpaired) electrons. The molecule has 10 heteroatoms. The van der Waals surface area contributed by atoms with Crippen molar-refractivity contribution in [2.45, 2.75) is 24.5 Å². The quantitative estimate of drug-likeness (QED) is 0.783. The molecule has 1 aromatic rings. The SMILES string of the molecule is CCNCc1c(F)ccc(S(=O)(=O)NCC(F)(F)F)c1F. The molecule has 0 amide bonds. The largest absolute Gasteiger partial charge is 0.402 e. The second-order valence-electron chi connectivity index (χ2n) is 4.06. The minimum Gasteiger partial charge on any atom is -0.313 e. The Morgan fingerprint density at radius 2 is 1.81 bits per heavy atom. The molecule has 0 unspecified atom stereocenters. The zero-order valence-electron chi connectivity index (χ0n) is 10.9. The van der Waals surface area contributed by atoms with E-state index >= 15 is 0 Å². The third-order valence-corrected chi connectivity index (χ3v) is 3.87. The van der Waals surface area contributed by atoms with Crippen LogP contribution in [0.25, 0.3) is 0 Å². The molecule has 0 spiro atoms. The zero-order chi connectivity index (χ0) is 16.3. The van der Waals surface area contributed by atoms with Crippen LogP contribution in [-0.2, 0) is 16.6 Å². The lowest BCUT2D eigenvalue weighted by atomic mass is 10.2. The molecule has 0 aromatic heterocycles. The third-order valence-electron chi connectivity index (χ3n) is 2.45. The van der Waals surface area contributed by atoms with Crippen molar-refractivity contribution in [1.29, 1.82) is 0 Å². The number of alkyl halides is 3. The van der Waals surface area contributed by atoms with Crippen molar-refractivity contribution in [1.82, 2.24) is 10.0 Å². The molecule has 120 valence electrons. The first kappa shape index (κ1) is 17.8. The predicted octanol–water partition coefficient (Wildman–Crippen LogP) is 1.91. The van der Waals surface area contributed by atoms with Gasteiger partial charge in [-0.1, -0.05) is 6.92 Å². The fourth-order valence-electron chi connectivity index (χ4n) is 1.45. The number of halogens is 5. The van der Waals surface area contributed by atoms with Gasteiger partial charge in [0.1, 0.15) is 17.3 Å². The smallest absolute Gasteiger partial charge is 0.313 e. The first-order chi connectivity index (χ1) is 9.58. The van der Waals surface area contributed by atoms with Crippen LogP contribution >= 0.6 is 0 Å². The number of benzene rings is 1. The van der Waals surface area contributed by atoms with E-state index < -0.39 is 44.8 Å². The van der Waals surface area contributed by atoms with Crippen LogP contribution in [0.15, 0.2) is 17.0 Å². The zero-order valence-corrected chi connectivity index (χ0v) is 11.7. The van der Waals surface area contributed by atoms with E-state index in [1.807, 2.05) is 0 Å². The first-order valence-corrected chi connectivity index (χ1v) is 7.31. The maximum absolute atomic E-state index is 14.0. The van der Waals surface area contributed by atoms with Gasteiger partial charge >= 0.3 is 6.18 Å². The molecule has 0 fully saturated rings. The highest BCUT2D eigenvalue weighted by Gasteiger charge is 2.31. The van der Waals surface area contributed by atoms with Gasteiger partial charge in [-0.3, -0.25) is 0 Å². The van der Waals surface area contributed by atoms with Gasteiger partial charge in [0, 0.05) is 12.1 Å². The Hall–Kier alpha value is -1.26. The number of hydrogen-bond acceptors (Lipinski definition) is 3. The van der Waals surface area contributed by atoms with Gasteiger partial charge in [-0.25, -0.2) is 21.9 Å². The van der Waals surface area contributed by atoms with Crippen LogP contribution in [0.3, 0.4) is 0 Å². The van der Waals surface area contributed by atoms with Gasteiger partial charge in [-0.05, 0) is 18.7 Å². The van der Waals surface area contributed by atoms with Crippen LogP contribution in [0.5, 0.6) is 0 Å².